The molecule has 0 aliphatic carbocycles. The number of nitrogens with one attached hydrogen (secondary N) is 1. The third kappa shape index (κ3) is 9.92. The molecule has 92 valence electrons. The Labute approximate surface area is 96.3 Å². The predicted molar refractivity (Wildman–Crippen MR) is 68.2 cm³/mol. The van der Waals surface area contributed by atoms with Gasteiger partial charge in [-0.1, -0.05) is 33.6 Å². The maximum atomic E-state index is 11.3. The number of hydrogen-bond acceptors (Lipinski definition) is 2. The van der Waals surface area contributed by atoms with Crippen LogP contribution in [-0.4, -0.2) is 18.9 Å². The van der Waals surface area contributed by atoms with Crippen molar-refractivity contribution in [2.45, 2.75) is 59.3 Å². The number of rotatable bonds is 10. The fourth-order valence-corrected chi connectivity index (χ4v) is 1.49. The summed E-state index contributed by atoms with van der Waals surface area (Å²) in [5.74, 6) is 0.635. The average Bonchev–Trinajstić information content (AvgIpc) is 2.21. The average molecular weight is 215 g/mol. The number of Topliss-reactive ketones (excluding diaryl/α,β-unsaturated/α-hetero) is 1. The Hall–Kier alpha value is -0.370. The van der Waals surface area contributed by atoms with Gasteiger partial charge in [0, 0.05) is 13.8 Å². The molecule has 0 spiro atoms. The molecule has 0 heterocycles. The normalized spacial score (nSPS) is 10.9. The second kappa shape index (κ2) is 10.2. The summed E-state index contributed by atoms with van der Waals surface area (Å²) in [7, 11) is 0. The molecule has 0 aromatic carbocycles. The SMILES string of the molecule is CCCNCCCCCCC(=O)C(C)C.[HH]. The lowest BCUT2D eigenvalue weighted by atomic mass is 10.0. The standard InChI is InChI=1S/C13H27NO.H2/c1-4-10-14-11-8-6-5-7-9-13(15)12(2)3;/h12,14H,4-11H2,1-3H3;1H. The zero-order valence-corrected chi connectivity index (χ0v) is 10.6. The van der Waals surface area contributed by atoms with Crippen LogP contribution in [-0.2, 0) is 4.79 Å². The lowest BCUT2D eigenvalue weighted by Gasteiger charge is -2.04. The van der Waals surface area contributed by atoms with Crippen LogP contribution in [0, 0.1) is 5.92 Å². The molecule has 2 nitrogen and oxygen atoms in total. The highest BCUT2D eigenvalue weighted by Gasteiger charge is 2.05. The molecule has 0 atom stereocenters. The summed E-state index contributed by atoms with van der Waals surface area (Å²) in [6, 6.07) is 0. The first kappa shape index (κ1) is 14.6. The fourth-order valence-electron chi connectivity index (χ4n) is 1.49. The highest BCUT2D eigenvalue weighted by atomic mass is 16.1. The number of unbranched alkanes of at least 4 members (excludes halogenated alkanes) is 3. The Balaban J connectivity index is 0. The van der Waals surface area contributed by atoms with Gasteiger partial charge in [0.1, 0.15) is 5.78 Å². The van der Waals surface area contributed by atoms with Crippen LogP contribution in [0.25, 0.3) is 0 Å². The van der Waals surface area contributed by atoms with Gasteiger partial charge in [0.15, 0.2) is 0 Å². The molecule has 15 heavy (non-hydrogen) atoms. The Bertz CT molecular complexity index is 160. The fraction of sp³-hybridized carbons (Fsp3) is 0.923. The summed E-state index contributed by atoms with van der Waals surface area (Å²) in [6.45, 7) is 8.41. The van der Waals surface area contributed by atoms with Crippen LogP contribution < -0.4 is 5.32 Å². The van der Waals surface area contributed by atoms with E-state index >= 15 is 0 Å². The van der Waals surface area contributed by atoms with E-state index in [-0.39, 0.29) is 7.34 Å². The minimum atomic E-state index is 0. The largest absolute Gasteiger partial charge is 0.317 e. The molecule has 0 rings (SSSR count). The lowest BCUT2D eigenvalue weighted by molar-refractivity contribution is -0.122. The number of carbonyl (C=O) groups excluding carboxylic acids is 1. The van der Waals surface area contributed by atoms with Crippen LogP contribution in [0.3, 0.4) is 0 Å². The second-order valence-electron chi connectivity index (χ2n) is 4.54. The van der Waals surface area contributed by atoms with Crippen molar-refractivity contribution >= 4 is 5.78 Å². The third-order valence-electron chi connectivity index (χ3n) is 2.60. The van der Waals surface area contributed by atoms with Gasteiger partial charge in [-0.3, -0.25) is 4.79 Å². The van der Waals surface area contributed by atoms with Gasteiger partial charge in [-0.2, -0.15) is 0 Å². The molecule has 0 saturated carbocycles. The predicted octanol–water partition coefficient (Wildman–Crippen LogP) is 3.41. The minimum absolute atomic E-state index is 0. The Morgan fingerprint density at radius 2 is 1.80 bits per heavy atom. The van der Waals surface area contributed by atoms with Gasteiger partial charge in [-0.15, -0.1) is 0 Å². The summed E-state index contributed by atoms with van der Waals surface area (Å²) in [5, 5.41) is 3.39. The second-order valence-corrected chi connectivity index (χ2v) is 4.54. The zero-order chi connectivity index (χ0) is 11.5. The summed E-state index contributed by atoms with van der Waals surface area (Å²) >= 11 is 0. The van der Waals surface area contributed by atoms with Gasteiger partial charge in [0.05, 0.1) is 0 Å². The van der Waals surface area contributed by atoms with E-state index in [0.29, 0.717) is 5.78 Å². The molecular weight excluding hydrogens is 186 g/mol. The van der Waals surface area contributed by atoms with Crippen molar-refractivity contribution in [2.75, 3.05) is 13.1 Å². The number of carbonyl (C=O) groups is 1. The minimum Gasteiger partial charge on any atom is -0.317 e. The van der Waals surface area contributed by atoms with E-state index in [0.717, 1.165) is 25.9 Å². The molecule has 0 aromatic heterocycles. The summed E-state index contributed by atoms with van der Waals surface area (Å²) in [4.78, 5) is 11.3. The van der Waals surface area contributed by atoms with Gasteiger partial charge >= 0.3 is 0 Å². The van der Waals surface area contributed by atoms with E-state index < -0.39 is 0 Å². The quantitative estimate of drug-likeness (QED) is 0.566. The summed E-state index contributed by atoms with van der Waals surface area (Å²) in [5.41, 5.74) is 0. The topological polar surface area (TPSA) is 29.1 Å². The van der Waals surface area contributed by atoms with E-state index in [1.54, 1.807) is 0 Å². The van der Waals surface area contributed by atoms with E-state index in [4.69, 9.17) is 0 Å². The monoisotopic (exact) mass is 215 g/mol. The van der Waals surface area contributed by atoms with Gasteiger partial charge in [0.2, 0.25) is 0 Å². The molecule has 0 radical (unpaired) electrons. The van der Waals surface area contributed by atoms with Crippen molar-refractivity contribution in [3.05, 3.63) is 0 Å². The van der Waals surface area contributed by atoms with Crippen molar-refractivity contribution in [3.63, 3.8) is 0 Å². The summed E-state index contributed by atoms with van der Waals surface area (Å²) < 4.78 is 0. The zero-order valence-electron chi connectivity index (χ0n) is 10.6. The van der Waals surface area contributed by atoms with Crippen molar-refractivity contribution in [1.82, 2.24) is 5.32 Å². The van der Waals surface area contributed by atoms with Crippen molar-refractivity contribution < 1.29 is 6.22 Å². The van der Waals surface area contributed by atoms with Crippen molar-refractivity contribution in [1.29, 1.82) is 0 Å². The van der Waals surface area contributed by atoms with E-state index in [9.17, 15) is 4.79 Å². The van der Waals surface area contributed by atoms with Gasteiger partial charge in [-0.05, 0) is 32.4 Å². The molecular formula is C13H29NO. The Morgan fingerprint density at radius 3 is 2.40 bits per heavy atom. The molecule has 0 aliphatic rings. The van der Waals surface area contributed by atoms with Crippen LogP contribution >= 0.6 is 0 Å². The van der Waals surface area contributed by atoms with Crippen LogP contribution in [0.1, 0.15) is 60.7 Å². The number of hydrogen-bond donors (Lipinski definition) is 1. The van der Waals surface area contributed by atoms with Gasteiger partial charge in [-0.25, -0.2) is 0 Å². The highest BCUT2D eigenvalue weighted by molar-refractivity contribution is 5.80. The van der Waals surface area contributed by atoms with E-state index in [1.165, 1.54) is 25.7 Å². The maximum Gasteiger partial charge on any atom is 0.135 e. The Morgan fingerprint density at radius 1 is 1.13 bits per heavy atom. The van der Waals surface area contributed by atoms with Crippen LogP contribution in [0.15, 0.2) is 0 Å². The van der Waals surface area contributed by atoms with Crippen molar-refractivity contribution in [2.24, 2.45) is 5.92 Å². The molecule has 0 aliphatic heterocycles. The molecule has 0 saturated heterocycles. The van der Waals surface area contributed by atoms with Crippen molar-refractivity contribution in [3.8, 4) is 0 Å². The maximum absolute atomic E-state index is 11.3. The molecule has 0 aromatic rings. The molecule has 2 heteroatoms. The first-order chi connectivity index (χ1) is 7.18. The van der Waals surface area contributed by atoms with Gasteiger partial charge in [0.25, 0.3) is 0 Å². The molecule has 0 fully saturated rings. The van der Waals surface area contributed by atoms with Crippen LogP contribution in [0.5, 0.6) is 0 Å². The lowest BCUT2D eigenvalue weighted by Crippen LogP contribution is -2.15. The Kier molecular flexibility index (Phi) is 9.91. The first-order valence-corrected chi connectivity index (χ1v) is 6.42. The van der Waals surface area contributed by atoms with E-state index in [2.05, 4.69) is 12.2 Å². The molecule has 0 amide bonds. The molecule has 0 bridgehead atoms. The smallest absolute Gasteiger partial charge is 0.135 e. The highest BCUT2D eigenvalue weighted by Crippen LogP contribution is 2.07. The first-order valence-electron chi connectivity index (χ1n) is 6.42. The summed E-state index contributed by atoms with van der Waals surface area (Å²) in [6.07, 6.45) is 6.76. The molecule has 1 N–H and O–H groups in total. The third-order valence-corrected chi connectivity index (χ3v) is 2.60. The van der Waals surface area contributed by atoms with Crippen LogP contribution in [0.4, 0.5) is 0 Å². The van der Waals surface area contributed by atoms with Gasteiger partial charge < -0.3 is 5.32 Å². The molecule has 0 unspecified atom stereocenters. The van der Waals surface area contributed by atoms with Crippen LogP contribution in [0.2, 0.25) is 0 Å². The number of ketones is 1. The van der Waals surface area contributed by atoms with E-state index in [1.807, 2.05) is 13.8 Å².